The summed E-state index contributed by atoms with van der Waals surface area (Å²) < 4.78 is 5.34. The first-order chi connectivity index (χ1) is 7.17. The lowest BCUT2D eigenvalue weighted by molar-refractivity contribution is 0.0989. The van der Waals surface area contributed by atoms with E-state index >= 15 is 0 Å². The molecule has 0 aliphatic heterocycles. The SMILES string of the molecule is CCOc1cc(S)cc(C(=O)CCBr)c1. The summed E-state index contributed by atoms with van der Waals surface area (Å²) in [6, 6.07) is 5.32. The fraction of sp³-hybridized carbons (Fsp3) is 0.364. The van der Waals surface area contributed by atoms with Gasteiger partial charge in [0.15, 0.2) is 5.78 Å². The van der Waals surface area contributed by atoms with Crippen LogP contribution in [0.2, 0.25) is 0 Å². The number of alkyl halides is 1. The molecule has 0 spiro atoms. The molecule has 0 fully saturated rings. The molecule has 0 aliphatic rings. The number of Topliss-reactive ketones (excluding diaryl/α,β-unsaturated/α-hetero) is 1. The molecule has 15 heavy (non-hydrogen) atoms. The second kappa shape index (κ2) is 6.18. The molecule has 0 N–H and O–H groups in total. The van der Waals surface area contributed by atoms with Gasteiger partial charge in [0.05, 0.1) is 6.61 Å². The normalized spacial score (nSPS) is 10.1. The van der Waals surface area contributed by atoms with Gasteiger partial charge in [0, 0.05) is 22.2 Å². The number of thiol groups is 1. The molecule has 4 heteroatoms. The zero-order valence-corrected chi connectivity index (χ0v) is 11.0. The van der Waals surface area contributed by atoms with Gasteiger partial charge in [-0.3, -0.25) is 4.79 Å². The van der Waals surface area contributed by atoms with Crippen LogP contribution in [0.4, 0.5) is 0 Å². The molecule has 0 aliphatic carbocycles. The standard InChI is InChI=1S/C11H13BrO2S/c1-2-14-9-5-8(6-10(15)7-9)11(13)3-4-12/h5-7,15H,2-4H2,1H3. The van der Waals surface area contributed by atoms with E-state index in [9.17, 15) is 4.79 Å². The third-order valence-electron chi connectivity index (χ3n) is 1.85. The number of benzene rings is 1. The van der Waals surface area contributed by atoms with Crippen molar-refractivity contribution in [3.8, 4) is 5.75 Å². The Hall–Kier alpha value is -0.480. The largest absolute Gasteiger partial charge is 0.494 e. The van der Waals surface area contributed by atoms with Gasteiger partial charge in [0.25, 0.3) is 0 Å². The van der Waals surface area contributed by atoms with Crippen LogP contribution >= 0.6 is 28.6 Å². The number of hydrogen-bond acceptors (Lipinski definition) is 3. The minimum absolute atomic E-state index is 0.101. The third-order valence-corrected chi connectivity index (χ3v) is 2.50. The third kappa shape index (κ3) is 3.87. The van der Waals surface area contributed by atoms with Crippen LogP contribution < -0.4 is 4.74 Å². The second-order valence-electron chi connectivity index (χ2n) is 3.01. The number of ether oxygens (including phenoxy) is 1. The molecule has 0 bridgehead atoms. The Bertz CT molecular complexity index is 352. The second-order valence-corrected chi connectivity index (χ2v) is 4.32. The summed E-state index contributed by atoms with van der Waals surface area (Å²) in [5.74, 6) is 0.798. The van der Waals surface area contributed by atoms with E-state index in [0.717, 1.165) is 4.90 Å². The minimum atomic E-state index is 0.101. The maximum atomic E-state index is 11.6. The quantitative estimate of drug-likeness (QED) is 0.511. The van der Waals surface area contributed by atoms with Gasteiger partial charge in [-0.2, -0.15) is 0 Å². The molecule has 0 atom stereocenters. The summed E-state index contributed by atoms with van der Waals surface area (Å²) in [7, 11) is 0. The smallest absolute Gasteiger partial charge is 0.163 e. The summed E-state index contributed by atoms with van der Waals surface area (Å²) in [5, 5.41) is 0.673. The molecular formula is C11H13BrO2S. The molecule has 2 nitrogen and oxygen atoms in total. The Balaban J connectivity index is 2.92. The van der Waals surface area contributed by atoms with Crippen LogP contribution in [0, 0.1) is 0 Å². The number of carbonyl (C=O) groups is 1. The summed E-state index contributed by atoms with van der Waals surface area (Å²) in [6.45, 7) is 2.49. The van der Waals surface area contributed by atoms with Crippen LogP contribution in [0.25, 0.3) is 0 Å². The number of rotatable bonds is 5. The van der Waals surface area contributed by atoms with Gasteiger partial charge in [-0.15, -0.1) is 12.6 Å². The highest BCUT2D eigenvalue weighted by Gasteiger charge is 2.07. The predicted octanol–water partition coefficient (Wildman–Crippen LogP) is 3.34. The Labute approximate surface area is 104 Å². The molecule has 0 radical (unpaired) electrons. The van der Waals surface area contributed by atoms with Crippen molar-refractivity contribution in [2.45, 2.75) is 18.2 Å². The summed E-state index contributed by atoms with van der Waals surface area (Å²) in [4.78, 5) is 12.4. The Kier molecular flexibility index (Phi) is 5.19. The topological polar surface area (TPSA) is 26.3 Å². The molecule has 1 aromatic rings. The molecule has 0 saturated carbocycles. The molecule has 1 rings (SSSR count). The molecule has 0 aromatic heterocycles. The van der Waals surface area contributed by atoms with Gasteiger partial charge in [0.2, 0.25) is 0 Å². The first kappa shape index (κ1) is 12.6. The Morgan fingerprint density at radius 1 is 1.47 bits per heavy atom. The van der Waals surface area contributed by atoms with Crippen LogP contribution in [0.15, 0.2) is 23.1 Å². The number of hydrogen-bond donors (Lipinski definition) is 1. The van der Waals surface area contributed by atoms with E-state index in [1.165, 1.54) is 0 Å². The minimum Gasteiger partial charge on any atom is -0.494 e. The molecule has 82 valence electrons. The van der Waals surface area contributed by atoms with Crippen LogP contribution in [-0.2, 0) is 0 Å². The van der Waals surface area contributed by atoms with Crippen molar-refractivity contribution >= 4 is 34.3 Å². The van der Waals surface area contributed by atoms with Crippen LogP contribution in [-0.4, -0.2) is 17.7 Å². The molecule has 0 saturated heterocycles. The maximum absolute atomic E-state index is 11.6. The van der Waals surface area contributed by atoms with E-state index in [1.807, 2.05) is 6.92 Å². The van der Waals surface area contributed by atoms with Crippen molar-refractivity contribution in [1.82, 2.24) is 0 Å². The van der Waals surface area contributed by atoms with Crippen LogP contribution in [0.3, 0.4) is 0 Å². The first-order valence-electron chi connectivity index (χ1n) is 4.73. The molecule has 0 amide bonds. The summed E-state index contributed by atoms with van der Waals surface area (Å²) in [6.07, 6.45) is 0.489. The van der Waals surface area contributed by atoms with Crippen molar-refractivity contribution in [3.63, 3.8) is 0 Å². The van der Waals surface area contributed by atoms with E-state index in [0.29, 0.717) is 29.7 Å². The highest BCUT2D eigenvalue weighted by Crippen LogP contribution is 2.21. The van der Waals surface area contributed by atoms with Gasteiger partial charge >= 0.3 is 0 Å². The van der Waals surface area contributed by atoms with Gasteiger partial charge in [-0.05, 0) is 25.1 Å². The van der Waals surface area contributed by atoms with Gasteiger partial charge < -0.3 is 4.74 Å². The van der Waals surface area contributed by atoms with Gasteiger partial charge in [-0.1, -0.05) is 15.9 Å². The zero-order chi connectivity index (χ0) is 11.3. The fourth-order valence-electron chi connectivity index (χ4n) is 1.22. The number of carbonyl (C=O) groups excluding carboxylic acids is 1. The number of ketones is 1. The lowest BCUT2D eigenvalue weighted by atomic mass is 10.1. The Morgan fingerprint density at radius 2 is 2.20 bits per heavy atom. The summed E-state index contributed by atoms with van der Waals surface area (Å²) in [5.41, 5.74) is 0.658. The molecular weight excluding hydrogens is 276 g/mol. The van der Waals surface area contributed by atoms with E-state index in [1.54, 1.807) is 18.2 Å². The predicted molar refractivity (Wildman–Crippen MR) is 67.6 cm³/mol. The van der Waals surface area contributed by atoms with Crippen LogP contribution in [0.5, 0.6) is 5.75 Å². The van der Waals surface area contributed by atoms with Crippen molar-refractivity contribution in [1.29, 1.82) is 0 Å². The molecule has 0 heterocycles. The summed E-state index contributed by atoms with van der Waals surface area (Å²) >= 11 is 7.48. The highest BCUT2D eigenvalue weighted by molar-refractivity contribution is 9.09. The maximum Gasteiger partial charge on any atom is 0.163 e. The van der Waals surface area contributed by atoms with E-state index in [4.69, 9.17) is 4.74 Å². The first-order valence-corrected chi connectivity index (χ1v) is 6.30. The lowest BCUT2D eigenvalue weighted by Gasteiger charge is -2.06. The number of halogens is 1. The molecule has 1 aromatic carbocycles. The zero-order valence-electron chi connectivity index (χ0n) is 8.50. The van der Waals surface area contributed by atoms with Gasteiger partial charge in [0.1, 0.15) is 5.75 Å². The highest BCUT2D eigenvalue weighted by atomic mass is 79.9. The average Bonchev–Trinajstić information content (AvgIpc) is 2.17. The van der Waals surface area contributed by atoms with Crippen LogP contribution in [0.1, 0.15) is 23.7 Å². The Morgan fingerprint density at radius 3 is 2.80 bits per heavy atom. The van der Waals surface area contributed by atoms with Crippen molar-refractivity contribution in [2.24, 2.45) is 0 Å². The van der Waals surface area contributed by atoms with Crippen molar-refractivity contribution in [3.05, 3.63) is 23.8 Å². The average molecular weight is 289 g/mol. The van der Waals surface area contributed by atoms with E-state index < -0.39 is 0 Å². The van der Waals surface area contributed by atoms with E-state index in [-0.39, 0.29) is 5.78 Å². The van der Waals surface area contributed by atoms with E-state index in [2.05, 4.69) is 28.6 Å². The molecule has 0 unspecified atom stereocenters. The fourth-order valence-corrected chi connectivity index (χ4v) is 1.85. The van der Waals surface area contributed by atoms with Crippen molar-refractivity contribution in [2.75, 3.05) is 11.9 Å². The van der Waals surface area contributed by atoms with Crippen molar-refractivity contribution < 1.29 is 9.53 Å². The monoisotopic (exact) mass is 288 g/mol. The van der Waals surface area contributed by atoms with Gasteiger partial charge in [-0.25, -0.2) is 0 Å². The lowest BCUT2D eigenvalue weighted by Crippen LogP contribution is -2.01.